The molecule has 1 fully saturated rings. The summed E-state index contributed by atoms with van der Waals surface area (Å²) in [7, 11) is -3.53. The largest absolute Gasteiger partial charge is 0.369 e. The molecule has 0 spiro atoms. The Morgan fingerprint density at radius 1 is 1.00 bits per heavy atom. The fourth-order valence-electron chi connectivity index (χ4n) is 3.48. The van der Waals surface area contributed by atoms with E-state index in [1.165, 1.54) is 9.99 Å². The average molecular weight is 422 g/mol. The van der Waals surface area contributed by atoms with Gasteiger partial charge in [-0.15, -0.1) is 0 Å². The van der Waals surface area contributed by atoms with Crippen LogP contribution < -0.4 is 14.5 Å². The zero-order chi connectivity index (χ0) is 17.4. The van der Waals surface area contributed by atoms with Crippen molar-refractivity contribution in [1.29, 1.82) is 0 Å². The maximum atomic E-state index is 13.0. The first-order valence-corrected chi connectivity index (χ1v) is 10.7. The van der Waals surface area contributed by atoms with Crippen LogP contribution in [-0.4, -0.2) is 41.1 Å². The van der Waals surface area contributed by atoms with Gasteiger partial charge in [0.15, 0.2) is 0 Å². The maximum absolute atomic E-state index is 13.0. The molecule has 132 valence electrons. The lowest BCUT2D eigenvalue weighted by atomic mass is 10.1. The van der Waals surface area contributed by atoms with Crippen LogP contribution in [0.2, 0.25) is 0 Å². The summed E-state index contributed by atoms with van der Waals surface area (Å²) in [6, 6.07) is 13.0. The number of halogens is 1. The van der Waals surface area contributed by atoms with E-state index in [9.17, 15) is 8.42 Å². The maximum Gasteiger partial charge on any atom is 0.264 e. The SMILES string of the molecule is O=S(=O)(c1cccc(Br)c1)N1CCc2cc(N3CCNCC3)ccc21. The molecular formula is C18H20BrN3O2S. The number of rotatable bonds is 3. The van der Waals surface area contributed by atoms with Crippen LogP contribution in [0.4, 0.5) is 11.4 Å². The Bertz CT molecular complexity index is 895. The van der Waals surface area contributed by atoms with Gasteiger partial charge in [0, 0.05) is 42.9 Å². The van der Waals surface area contributed by atoms with Gasteiger partial charge in [0.2, 0.25) is 0 Å². The van der Waals surface area contributed by atoms with E-state index in [0.29, 0.717) is 11.4 Å². The summed E-state index contributed by atoms with van der Waals surface area (Å²) in [6.07, 6.45) is 0.752. The highest BCUT2D eigenvalue weighted by molar-refractivity contribution is 9.10. The fraction of sp³-hybridized carbons (Fsp3) is 0.333. The minimum Gasteiger partial charge on any atom is -0.369 e. The van der Waals surface area contributed by atoms with Gasteiger partial charge >= 0.3 is 0 Å². The summed E-state index contributed by atoms with van der Waals surface area (Å²) in [5.41, 5.74) is 3.09. The molecule has 5 nitrogen and oxygen atoms in total. The van der Waals surface area contributed by atoms with Crippen LogP contribution in [0.5, 0.6) is 0 Å². The van der Waals surface area contributed by atoms with Crippen molar-refractivity contribution in [1.82, 2.24) is 5.32 Å². The van der Waals surface area contributed by atoms with E-state index in [-0.39, 0.29) is 0 Å². The van der Waals surface area contributed by atoms with Crippen molar-refractivity contribution in [2.75, 3.05) is 41.9 Å². The number of nitrogens with one attached hydrogen (secondary N) is 1. The quantitative estimate of drug-likeness (QED) is 0.827. The molecule has 0 atom stereocenters. The molecule has 4 rings (SSSR count). The van der Waals surface area contributed by atoms with Crippen molar-refractivity contribution in [3.8, 4) is 0 Å². The molecule has 0 bridgehead atoms. The molecule has 2 aromatic carbocycles. The molecule has 2 heterocycles. The second-order valence-electron chi connectivity index (χ2n) is 6.33. The van der Waals surface area contributed by atoms with E-state index in [0.717, 1.165) is 48.3 Å². The fourth-order valence-corrected chi connectivity index (χ4v) is 5.58. The summed E-state index contributed by atoms with van der Waals surface area (Å²) >= 11 is 3.35. The van der Waals surface area contributed by atoms with E-state index in [2.05, 4.69) is 32.2 Å². The molecule has 0 amide bonds. The smallest absolute Gasteiger partial charge is 0.264 e. The van der Waals surface area contributed by atoms with Gasteiger partial charge in [0.25, 0.3) is 10.0 Å². The van der Waals surface area contributed by atoms with Crippen molar-refractivity contribution < 1.29 is 8.42 Å². The normalized spacial score (nSPS) is 17.6. The Balaban J connectivity index is 1.65. The minimum atomic E-state index is -3.53. The Hall–Kier alpha value is -1.57. The number of fused-ring (bicyclic) bond motifs is 1. The number of benzene rings is 2. The molecule has 2 aromatic rings. The lowest BCUT2D eigenvalue weighted by Gasteiger charge is -2.30. The zero-order valence-electron chi connectivity index (χ0n) is 13.8. The van der Waals surface area contributed by atoms with Gasteiger partial charge in [-0.3, -0.25) is 4.31 Å². The highest BCUT2D eigenvalue weighted by atomic mass is 79.9. The van der Waals surface area contributed by atoms with Gasteiger partial charge in [-0.05, 0) is 48.4 Å². The standard InChI is InChI=1S/C18H20BrN3O2S/c19-15-2-1-3-17(13-15)25(23,24)22-9-6-14-12-16(4-5-18(14)22)21-10-7-20-8-11-21/h1-5,12-13,20H,6-11H2. The average Bonchev–Trinajstić information content (AvgIpc) is 3.06. The van der Waals surface area contributed by atoms with Crippen molar-refractivity contribution >= 4 is 37.3 Å². The zero-order valence-corrected chi connectivity index (χ0v) is 16.2. The van der Waals surface area contributed by atoms with E-state index in [4.69, 9.17) is 0 Å². The van der Waals surface area contributed by atoms with E-state index in [1.807, 2.05) is 18.2 Å². The van der Waals surface area contributed by atoms with Gasteiger partial charge in [0.05, 0.1) is 10.6 Å². The molecule has 1 saturated heterocycles. The van der Waals surface area contributed by atoms with Gasteiger partial charge in [-0.1, -0.05) is 22.0 Å². The highest BCUT2D eigenvalue weighted by Gasteiger charge is 2.31. The van der Waals surface area contributed by atoms with Gasteiger partial charge < -0.3 is 10.2 Å². The summed E-state index contributed by atoms with van der Waals surface area (Å²) in [6.45, 7) is 4.44. The Morgan fingerprint density at radius 3 is 2.56 bits per heavy atom. The van der Waals surface area contributed by atoms with Crippen LogP contribution in [0.15, 0.2) is 51.8 Å². The first-order chi connectivity index (χ1) is 12.1. The number of nitrogens with zero attached hydrogens (tertiary/aromatic N) is 2. The predicted octanol–water partition coefficient (Wildman–Crippen LogP) is 2.61. The number of hydrogen-bond donors (Lipinski definition) is 1. The third-order valence-corrected chi connectivity index (χ3v) is 7.08. The second kappa shape index (κ2) is 6.63. The summed E-state index contributed by atoms with van der Waals surface area (Å²) < 4.78 is 28.3. The summed E-state index contributed by atoms with van der Waals surface area (Å²) in [5, 5.41) is 3.35. The molecule has 0 aliphatic carbocycles. The molecule has 2 aliphatic heterocycles. The Labute approximate surface area is 156 Å². The van der Waals surface area contributed by atoms with E-state index < -0.39 is 10.0 Å². The van der Waals surface area contributed by atoms with E-state index in [1.54, 1.807) is 18.2 Å². The first-order valence-electron chi connectivity index (χ1n) is 8.42. The highest BCUT2D eigenvalue weighted by Crippen LogP contribution is 2.35. The lowest BCUT2D eigenvalue weighted by molar-refractivity contribution is 0.589. The Morgan fingerprint density at radius 2 is 1.80 bits per heavy atom. The molecule has 7 heteroatoms. The molecular weight excluding hydrogens is 402 g/mol. The van der Waals surface area contributed by atoms with Crippen LogP contribution in [0.3, 0.4) is 0 Å². The predicted molar refractivity (Wildman–Crippen MR) is 104 cm³/mol. The van der Waals surface area contributed by atoms with Crippen LogP contribution in [0.25, 0.3) is 0 Å². The number of sulfonamides is 1. The van der Waals surface area contributed by atoms with E-state index >= 15 is 0 Å². The van der Waals surface area contributed by atoms with Crippen molar-refractivity contribution in [3.05, 3.63) is 52.5 Å². The molecule has 25 heavy (non-hydrogen) atoms. The van der Waals surface area contributed by atoms with Gasteiger partial charge in [-0.2, -0.15) is 0 Å². The topological polar surface area (TPSA) is 52.7 Å². The molecule has 0 aromatic heterocycles. The van der Waals surface area contributed by atoms with Crippen LogP contribution >= 0.6 is 15.9 Å². The molecule has 0 saturated carbocycles. The Kier molecular flexibility index (Phi) is 4.47. The van der Waals surface area contributed by atoms with Crippen LogP contribution in [0.1, 0.15) is 5.56 Å². The van der Waals surface area contributed by atoms with Crippen molar-refractivity contribution in [2.24, 2.45) is 0 Å². The van der Waals surface area contributed by atoms with Crippen molar-refractivity contribution in [3.63, 3.8) is 0 Å². The van der Waals surface area contributed by atoms with Crippen molar-refractivity contribution in [2.45, 2.75) is 11.3 Å². The number of piperazine rings is 1. The third-order valence-electron chi connectivity index (χ3n) is 4.78. The number of hydrogen-bond acceptors (Lipinski definition) is 4. The second-order valence-corrected chi connectivity index (χ2v) is 9.11. The summed E-state index contributed by atoms with van der Waals surface area (Å²) in [5.74, 6) is 0. The monoisotopic (exact) mass is 421 g/mol. The molecule has 1 N–H and O–H groups in total. The minimum absolute atomic E-state index is 0.320. The molecule has 2 aliphatic rings. The lowest BCUT2D eigenvalue weighted by Crippen LogP contribution is -2.43. The van der Waals surface area contributed by atoms with Gasteiger partial charge in [-0.25, -0.2) is 8.42 Å². The third kappa shape index (κ3) is 3.16. The molecule has 0 unspecified atom stereocenters. The first kappa shape index (κ1) is 16.9. The summed E-state index contributed by atoms with van der Waals surface area (Å²) in [4.78, 5) is 2.67. The molecule has 0 radical (unpaired) electrons. The van der Waals surface area contributed by atoms with Gasteiger partial charge in [0.1, 0.15) is 0 Å². The van der Waals surface area contributed by atoms with Crippen LogP contribution in [-0.2, 0) is 16.4 Å². The number of anilines is 2. The van der Waals surface area contributed by atoms with Crippen LogP contribution in [0, 0.1) is 0 Å².